The van der Waals surface area contributed by atoms with Crippen molar-refractivity contribution in [2.45, 2.75) is 37.8 Å². The van der Waals surface area contributed by atoms with Gasteiger partial charge < -0.3 is 19.6 Å². The molecule has 3 N–H and O–H groups in total. The summed E-state index contributed by atoms with van der Waals surface area (Å²) in [6.07, 6.45) is -4.56. The number of carbonyl (C=O) groups is 1. The molecule has 4 rings (SSSR count). The summed E-state index contributed by atoms with van der Waals surface area (Å²) in [5.74, 6) is -0.890. The molecule has 0 aliphatic heterocycles. The molecule has 0 saturated carbocycles. The van der Waals surface area contributed by atoms with Crippen LogP contribution in [0.1, 0.15) is 29.3 Å². The highest BCUT2D eigenvalue weighted by Crippen LogP contribution is 2.42. The first-order valence-corrected chi connectivity index (χ1v) is 13.2. The van der Waals surface area contributed by atoms with E-state index in [9.17, 15) is 26.4 Å². The molecule has 0 amide bonds. The second-order valence-corrected chi connectivity index (χ2v) is 10.5. The van der Waals surface area contributed by atoms with Crippen LogP contribution in [0.3, 0.4) is 0 Å². The lowest BCUT2D eigenvalue weighted by Crippen LogP contribution is -2.16. The molecule has 3 aromatic carbocycles. The molecule has 206 valence electrons. The molecular weight excluding hydrogens is 537 g/mol. The highest BCUT2D eigenvalue weighted by atomic mass is 32.2. The number of sulfonamides is 1. The monoisotopic (exact) mass is 562 g/mol. The summed E-state index contributed by atoms with van der Waals surface area (Å²) in [5.41, 5.74) is 0.591. The first kappa shape index (κ1) is 27.8. The number of nitrogens with one attached hydrogen (secondary N) is 2. The number of carboxylic acid groups (broad SMARTS) is 1. The Kier molecular flexibility index (Phi) is 7.51. The molecule has 0 fully saturated rings. The lowest BCUT2D eigenvalue weighted by Gasteiger charge is -2.18. The zero-order chi connectivity index (χ0) is 28.5. The van der Waals surface area contributed by atoms with Crippen LogP contribution in [0.25, 0.3) is 10.9 Å². The number of hydrogen-bond acceptors (Lipinski definition) is 5. The summed E-state index contributed by atoms with van der Waals surface area (Å²) in [7, 11) is -2.92. The van der Waals surface area contributed by atoms with Gasteiger partial charge in [-0.15, -0.1) is 0 Å². The van der Waals surface area contributed by atoms with E-state index in [0.29, 0.717) is 17.5 Å². The van der Waals surface area contributed by atoms with Gasteiger partial charge in [-0.2, -0.15) is 13.2 Å². The number of H-pyrrole nitrogens is 1. The number of fused-ring (bicyclic) bond motifs is 1. The predicted octanol–water partition coefficient (Wildman–Crippen LogP) is 6.29. The fourth-order valence-electron chi connectivity index (χ4n) is 4.16. The van der Waals surface area contributed by atoms with Gasteiger partial charge in [0.25, 0.3) is 10.0 Å². The molecule has 0 saturated heterocycles. The number of hydrogen-bond donors (Lipinski definition) is 3. The predicted molar refractivity (Wildman–Crippen MR) is 139 cm³/mol. The van der Waals surface area contributed by atoms with Crippen LogP contribution in [0.5, 0.6) is 17.2 Å². The maximum absolute atomic E-state index is 13.5. The van der Waals surface area contributed by atoms with Gasteiger partial charge in [0.1, 0.15) is 11.4 Å². The van der Waals surface area contributed by atoms with Crippen molar-refractivity contribution < 1.29 is 41.0 Å². The molecule has 39 heavy (non-hydrogen) atoms. The fraction of sp³-hybridized carbons (Fsp3) is 0.222. The maximum atomic E-state index is 13.5. The highest BCUT2D eigenvalue weighted by Gasteiger charge is 2.34. The summed E-state index contributed by atoms with van der Waals surface area (Å²) < 4.78 is 81.3. The Bertz CT molecular complexity index is 1660. The molecule has 4 aromatic rings. The van der Waals surface area contributed by atoms with Crippen molar-refractivity contribution in [1.82, 2.24) is 4.98 Å². The normalized spacial score (nSPS) is 11.9. The quantitative estimate of drug-likeness (QED) is 0.221. The minimum Gasteiger partial charge on any atom is -0.493 e. The van der Waals surface area contributed by atoms with E-state index in [1.54, 1.807) is 19.1 Å². The molecule has 0 radical (unpaired) electrons. The second kappa shape index (κ2) is 10.5. The van der Waals surface area contributed by atoms with Crippen molar-refractivity contribution in [3.8, 4) is 17.2 Å². The molecule has 1 heterocycles. The van der Waals surface area contributed by atoms with Crippen molar-refractivity contribution in [2.24, 2.45) is 0 Å². The van der Waals surface area contributed by atoms with E-state index >= 15 is 0 Å². The van der Waals surface area contributed by atoms with Gasteiger partial charge in [0.05, 0.1) is 18.4 Å². The Morgan fingerprint density at radius 3 is 2.38 bits per heavy atom. The van der Waals surface area contributed by atoms with Crippen molar-refractivity contribution in [3.63, 3.8) is 0 Å². The van der Waals surface area contributed by atoms with Crippen molar-refractivity contribution >= 4 is 32.6 Å². The van der Waals surface area contributed by atoms with Crippen LogP contribution in [-0.2, 0) is 33.8 Å². The van der Waals surface area contributed by atoms with Gasteiger partial charge in [0.15, 0.2) is 17.2 Å². The number of aromatic amines is 1. The van der Waals surface area contributed by atoms with E-state index in [-0.39, 0.29) is 45.2 Å². The minimum atomic E-state index is -4.70. The number of carboxylic acids is 1. The van der Waals surface area contributed by atoms with Crippen LogP contribution >= 0.6 is 0 Å². The molecular formula is C27H25F3N2O6S. The van der Waals surface area contributed by atoms with Crippen LogP contribution in [0.2, 0.25) is 0 Å². The van der Waals surface area contributed by atoms with E-state index in [0.717, 1.165) is 11.6 Å². The molecule has 12 heteroatoms. The molecule has 0 bridgehead atoms. The van der Waals surface area contributed by atoms with Gasteiger partial charge in [-0.25, -0.2) is 8.42 Å². The first-order chi connectivity index (χ1) is 18.3. The van der Waals surface area contributed by atoms with E-state index in [1.807, 2.05) is 6.92 Å². The SMILES string of the molecule is CCc1cc(C)ccc1S(=O)(=O)Nc1c(Oc2ccc(CC(=O)O)cc2OC)ccc2[nH]c(C(F)(F)F)cc12. The number of halogens is 3. The van der Waals surface area contributed by atoms with Crippen LogP contribution in [0.15, 0.2) is 59.5 Å². The number of methoxy groups -OCH3 is 1. The third kappa shape index (κ3) is 5.95. The molecule has 8 nitrogen and oxygen atoms in total. The molecule has 0 spiro atoms. The summed E-state index contributed by atoms with van der Waals surface area (Å²) in [4.78, 5) is 13.3. The van der Waals surface area contributed by atoms with Gasteiger partial charge in [0.2, 0.25) is 0 Å². The summed E-state index contributed by atoms with van der Waals surface area (Å²) in [5, 5.41) is 9.01. The average Bonchev–Trinajstić information content (AvgIpc) is 3.31. The van der Waals surface area contributed by atoms with Crippen molar-refractivity contribution in [1.29, 1.82) is 0 Å². The molecule has 0 aliphatic rings. The van der Waals surface area contributed by atoms with Gasteiger partial charge in [-0.3, -0.25) is 9.52 Å². The Hall–Kier alpha value is -4.19. The summed E-state index contributed by atoms with van der Waals surface area (Å²) in [6, 6.07) is 12.7. The standard InChI is InChI=1S/C27H25F3N2O6S/c1-4-17-11-15(2)5-10-23(17)39(35,36)32-26-18-14-24(27(28,29)30)31-19(18)7-9-21(26)38-20-8-6-16(13-25(33)34)12-22(20)37-3/h5-12,14,31-32H,4,13H2,1-3H3,(H,33,34). The molecule has 1 aromatic heterocycles. The molecule has 0 aliphatic carbocycles. The van der Waals surface area contributed by atoms with E-state index in [2.05, 4.69) is 9.71 Å². The third-order valence-electron chi connectivity index (χ3n) is 6.00. The number of benzene rings is 3. The highest BCUT2D eigenvalue weighted by molar-refractivity contribution is 7.92. The number of aromatic nitrogens is 1. The lowest BCUT2D eigenvalue weighted by molar-refractivity contribution is -0.140. The number of ether oxygens (including phenoxy) is 2. The third-order valence-corrected chi connectivity index (χ3v) is 7.45. The van der Waals surface area contributed by atoms with Gasteiger partial charge in [0, 0.05) is 10.9 Å². The van der Waals surface area contributed by atoms with Gasteiger partial charge in [-0.05, 0) is 60.9 Å². The number of aryl methyl sites for hydroxylation is 2. The second-order valence-electron chi connectivity index (χ2n) is 8.81. The van der Waals surface area contributed by atoms with Crippen molar-refractivity contribution in [3.05, 3.63) is 77.0 Å². The zero-order valence-corrected chi connectivity index (χ0v) is 22.0. The van der Waals surface area contributed by atoms with E-state index in [1.165, 1.54) is 43.5 Å². The number of anilines is 1. The Morgan fingerprint density at radius 2 is 1.74 bits per heavy atom. The number of aliphatic carboxylic acids is 1. The minimum absolute atomic E-state index is 0.0132. The largest absolute Gasteiger partial charge is 0.493 e. The van der Waals surface area contributed by atoms with E-state index < -0.39 is 27.9 Å². The smallest absolute Gasteiger partial charge is 0.431 e. The van der Waals surface area contributed by atoms with Gasteiger partial charge >= 0.3 is 12.1 Å². The van der Waals surface area contributed by atoms with E-state index in [4.69, 9.17) is 14.6 Å². The van der Waals surface area contributed by atoms with Crippen LogP contribution < -0.4 is 14.2 Å². The Morgan fingerprint density at radius 1 is 1.03 bits per heavy atom. The summed E-state index contributed by atoms with van der Waals surface area (Å²) >= 11 is 0. The lowest BCUT2D eigenvalue weighted by atomic mass is 10.1. The molecule has 0 atom stereocenters. The van der Waals surface area contributed by atoms with Gasteiger partial charge in [-0.1, -0.05) is 30.7 Å². The Balaban J connectivity index is 1.86. The van der Waals surface area contributed by atoms with Crippen LogP contribution in [0.4, 0.5) is 18.9 Å². The van der Waals surface area contributed by atoms with Crippen molar-refractivity contribution in [2.75, 3.05) is 11.8 Å². The fourth-order valence-corrected chi connectivity index (χ4v) is 5.55. The summed E-state index contributed by atoms with van der Waals surface area (Å²) in [6.45, 7) is 3.62. The number of alkyl halides is 3. The average molecular weight is 563 g/mol. The van der Waals surface area contributed by atoms with Crippen LogP contribution in [0, 0.1) is 6.92 Å². The molecule has 0 unspecified atom stereocenters. The topological polar surface area (TPSA) is 118 Å². The maximum Gasteiger partial charge on any atom is 0.431 e. The zero-order valence-electron chi connectivity index (χ0n) is 21.1. The number of rotatable bonds is 9. The first-order valence-electron chi connectivity index (χ1n) is 11.7. The Labute approximate surface area is 222 Å². The van der Waals surface area contributed by atoms with Crippen LogP contribution in [-0.4, -0.2) is 31.6 Å².